The van der Waals surface area contributed by atoms with E-state index in [1.165, 1.54) is 12.8 Å². The third kappa shape index (κ3) is 7.24. The molecule has 3 fully saturated rings. The first-order valence-corrected chi connectivity index (χ1v) is 11.6. The van der Waals surface area contributed by atoms with Crippen molar-refractivity contribution in [3.63, 3.8) is 0 Å². The van der Waals surface area contributed by atoms with Crippen molar-refractivity contribution in [1.29, 1.82) is 0 Å². The van der Waals surface area contributed by atoms with Gasteiger partial charge in [0.2, 0.25) is 5.91 Å². The Hall–Kier alpha value is -2.00. The van der Waals surface area contributed by atoms with E-state index in [4.69, 9.17) is 26.6 Å². The molecule has 0 unspecified atom stereocenters. The molecule has 1 aromatic carbocycles. The number of nitrogens with zero attached hydrogens (tertiary/aromatic N) is 1. The predicted molar refractivity (Wildman–Crippen MR) is 119 cm³/mol. The zero-order chi connectivity index (χ0) is 24.4. The van der Waals surface area contributed by atoms with E-state index in [-0.39, 0.29) is 0 Å². The topological polar surface area (TPSA) is 89.9 Å². The van der Waals surface area contributed by atoms with Crippen molar-refractivity contribution in [3.05, 3.63) is 28.8 Å². The number of hydrogen-bond acceptors (Lipinski definition) is 3. The number of carbonyl (C=O) groups is 2. The minimum absolute atomic E-state index is 0.333. The van der Waals surface area contributed by atoms with Crippen molar-refractivity contribution in [2.75, 3.05) is 18.4 Å². The van der Waals surface area contributed by atoms with Gasteiger partial charge in [0.1, 0.15) is 6.04 Å². The summed E-state index contributed by atoms with van der Waals surface area (Å²) in [7, 11) is 0. The second-order valence-electron chi connectivity index (χ2n) is 9.54. The maximum atomic E-state index is 13.6. The first kappa shape index (κ1) is 25.6. The van der Waals surface area contributed by atoms with Crippen molar-refractivity contribution >= 4 is 29.4 Å². The van der Waals surface area contributed by atoms with Crippen LogP contribution in [-0.2, 0) is 11.2 Å². The van der Waals surface area contributed by atoms with Crippen molar-refractivity contribution < 1.29 is 33.0 Å². The van der Waals surface area contributed by atoms with E-state index in [1.807, 2.05) is 12.1 Å². The fourth-order valence-electron chi connectivity index (χ4n) is 4.50. The predicted octanol–water partition coefficient (Wildman–Crippen LogP) is 5.90. The highest BCUT2D eigenvalue weighted by Crippen LogP contribution is 2.54. The Labute approximate surface area is 196 Å². The minimum atomic E-state index is -4.44. The van der Waals surface area contributed by atoms with Gasteiger partial charge in [-0.05, 0) is 87.1 Å². The molecule has 4 rings (SSSR count). The van der Waals surface area contributed by atoms with Gasteiger partial charge >= 0.3 is 12.3 Å². The number of alkyl halides is 3. The van der Waals surface area contributed by atoms with Crippen molar-refractivity contribution in [3.8, 4) is 0 Å². The molecule has 1 aliphatic heterocycles. The molecule has 1 saturated heterocycles. The molecule has 2 atom stereocenters. The summed E-state index contributed by atoms with van der Waals surface area (Å²) < 4.78 is 40.7. The van der Waals surface area contributed by atoms with Gasteiger partial charge in [0.05, 0.1) is 16.6 Å². The standard InChI is InChI=1S/C22H28ClF3N2O.CH2O3/c1-14(22(24,25)26)19(28-10-8-21(6-7-21)9-11-28)20(29)27-18-13-16(4-5-17(18)23)12-15-2-3-15;2-1(3)4/h4-5,13-15,19H,2-3,6-12H2,1H3,(H,27,29);(H2,2,3,4)/t14-,19-;/m1./s1. The highest BCUT2D eigenvalue weighted by atomic mass is 35.5. The van der Waals surface area contributed by atoms with Crippen LogP contribution in [0, 0.1) is 17.3 Å². The van der Waals surface area contributed by atoms with Crippen LogP contribution < -0.4 is 5.32 Å². The van der Waals surface area contributed by atoms with E-state index in [2.05, 4.69) is 5.32 Å². The van der Waals surface area contributed by atoms with Crippen LogP contribution in [0.1, 0.15) is 51.0 Å². The summed E-state index contributed by atoms with van der Waals surface area (Å²) in [6.45, 7) is 2.18. The molecule has 3 aliphatic rings. The Morgan fingerprint density at radius 3 is 2.24 bits per heavy atom. The van der Waals surface area contributed by atoms with Crippen LogP contribution >= 0.6 is 11.6 Å². The van der Waals surface area contributed by atoms with E-state index in [0.29, 0.717) is 35.1 Å². The first-order chi connectivity index (χ1) is 15.4. The van der Waals surface area contributed by atoms with E-state index in [9.17, 15) is 18.0 Å². The maximum absolute atomic E-state index is 13.6. The summed E-state index contributed by atoms with van der Waals surface area (Å²) in [6, 6.07) is 4.21. The molecule has 2 saturated carbocycles. The van der Waals surface area contributed by atoms with E-state index in [0.717, 1.165) is 44.6 Å². The number of nitrogens with one attached hydrogen (secondary N) is 1. The van der Waals surface area contributed by atoms with Crippen LogP contribution in [0.25, 0.3) is 0 Å². The van der Waals surface area contributed by atoms with Gasteiger partial charge in [0.25, 0.3) is 0 Å². The molecular weight excluding hydrogens is 461 g/mol. The van der Waals surface area contributed by atoms with Crippen molar-refractivity contribution in [2.24, 2.45) is 17.3 Å². The van der Waals surface area contributed by atoms with E-state index >= 15 is 0 Å². The Kier molecular flexibility index (Phi) is 7.84. The van der Waals surface area contributed by atoms with Crippen LogP contribution in [0.3, 0.4) is 0 Å². The third-order valence-corrected chi connectivity index (χ3v) is 7.31. The highest BCUT2D eigenvalue weighted by Gasteiger charge is 2.50. The summed E-state index contributed by atoms with van der Waals surface area (Å²) in [5.41, 5.74) is 1.80. The Morgan fingerprint density at radius 2 is 1.76 bits per heavy atom. The van der Waals surface area contributed by atoms with Gasteiger partial charge in [0.15, 0.2) is 0 Å². The fraction of sp³-hybridized carbons (Fsp3) is 0.652. The Balaban J connectivity index is 0.000000709. The number of piperidine rings is 1. The summed E-state index contributed by atoms with van der Waals surface area (Å²) >= 11 is 6.25. The molecule has 184 valence electrons. The maximum Gasteiger partial charge on any atom is 0.503 e. The zero-order valence-corrected chi connectivity index (χ0v) is 19.3. The van der Waals surface area contributed by atoms with Crippen LogP contribution in [0.2, 0.25) is 5.02 Å². The number of anilines is 1. The lowest BCUT2D eigenvalue weighted by Gasteiger charge is -2.40. The zero-order valence-electron chi connectivity index (χ0n) is 18.5. The molecule has 1 aromatic rings. The second kappa shape index (κ2) is 10.1. The third-order valence-electron chi connectivity index (χ3n) is 6.98. The SMILES string of the molecule is C[C@H]([C@H](C(=O)Nc1cc(CC2CC2)ccc1Cl)N1CCC2(CC1)CC2)C(F)(F)F.O=C(O)O. The lowest BCUT2D eigenvalue weighted by molar-refractivity contribution is -0.189. The number of likely N-dealkylation sites (tertiary alicyclic amines) is 1. The number of amides is 1. The number of halogens is 4. The van der Waals surface area contributed by atoms with Crippen LogP contribution in [0.5, 0.6) is 0 Å². The van der Waals surface area contributed by atoms with Gasteiger partial charge in [-0.15, -0.1) is 0 Å². The van der Waals surface area contributed by atoms with Gasteiger partial charge in [-0.3, -0.25) is 9.69 Å². The summed E-state index contributed by atoms with van der Waals surface area (Å²) in [5.74, 6) is -1.70. The molecule has 6 nitrogen and oxygen atoms in total. The molecule has 0 radical (unpaired) electrons. The largest absolute Gasteiger partial charge is 0.503 e. The van der Waals surface area contributed by atoms with Gasteiger partial charge < -0.3 is 15.5 Å². The summed E-state index contributed by atoms with van der Waals surface area (Å²) in [4.78, 5) is 23.3. The molecule has 10 heteroatoms. The van der Waals surface area contributed by atoms with Gasteiger partial charge in [0, 0.05) is 0 Å². The van der Waals surface area contributed by atoms with Crippen LogP contribution in [0.4, 0.5) is 23.7 Å². The second-order valence-corrected chi connectivity index (χ2v) is 9.95. The monoisotopic (exact) mass is 490 g/mol. The number of hydrogen-bond donors (Lipinski definition) is 3. The molecule has 3 N–H and O–H groups in total. The summed E-state index contributed by atoms with van der Waals surface area (Å²) in [6.07, 6.45) is 1.12. The van der Waals surface area contributed by atoms with Crippen molar-refractivity contribution in [2.45, 2.75) is 64.1 Å². The smallest absolute Gasteiger partial charge is 0.450 e. The van der Waals surface area contributed by atoms with E-state index < -0.39 is 30.2 Å². The van der Waals surface area contributed by atoms with Gasteiger partial charge in [-0.1, -0.05) is 24.6 Å². The molecule has 0 bridgehead atoms. The van der Waals surface area contributed by atoms with Gasteiger partial charge in [-0.25, -0.2) is 4.79 Å². The molecule has 2 aliphatic carbocycles. The molecule has 1 heterocycles. The lowest BCUT2D eigenvalue weighted by Crippen LogP contribution is -2.54. The molecule has 33 heavy (non-hydrogen) atoms. The molecule has 1 amide bonds. The molecular formula is C23H30ClF3N2O4. The minimum Gasteiger partial charge on any atom is -0.450 e. The van der Waals surface area contributed by atoms with Crippen LogP contribution in [-0.4, -0.2) is 52.5 Å². The molecule has 1 spiro atoms. The average molecular weight is 491 g/mol. The van der Waals surface area contributed by atoms with E-state index in [1.54, 1.807) is 11.0 Å². The number of benzene rings is 1. The Bertz CT molecular complexity index is 858. The van der Waals surface area contributed by atoms with Crippen LogP contribution in [0.15, 0.2) is 18.2 Å². The number of carbonyl (C=O) groups excluding carboxylic acids is 1. The molecule has 0 aromatic heterocycles. The number of carboxylic acid groups (broad SMARTS) is 2. The average Bonchev–Trinajstić information content (AvgIpc) is 3.64. The first-order valence-electron chi connectivity index (χ1n) is 11.2. The van der Waals surface area contributed by atoms with Gasteiger partial charge in [-0.2, -0.15) is 13.2 Å². The number of rotatable bonds is 6. The quantitative estimate of drug-likeness (QED) is 0.462. The fourth-order valence-corrected chi connectivity index (χ4v) is 4.66. The normalized spacial score (nSPS) is 21.5. The lowest BCUT2D eigenvalue weighted by atomic mass is 9.90. The van der Waals surface area contributed by atoms with Crippen molar-refractivity contribution in [1.82, 2.24) is 4.90 Å². The summed E-state index contributed by atoms with van der Waals surface area (Å²) in [5, 5.41) is 17.0. The highest BCUT2D eigenvalue weighted by molar-refractivity contribution is 6.33. The Morgan fingerprint density at radius 1 is 1.18 bits per heavy atom.